The first kappa shape index (κ1) is 22.5. The molecule has 158 valence electrons. The van der Waals surface area contributed by atoms with Crippen molar-refractivity contribution in [2.24, 2.45) is 11.8 Å². The molecule has 1 aliphatic rings. The smallest absolute Gasteiger partial charge is 0.389 e. The monoisotopic (exact) mass is 400 g/mol. The maximum Gasteiger partial charge on any atom is 0.389 e. The summed E-state index contributed by atoms with van der Waals surface area (Å²) in [6.45, 7) is 7.24. The van der Waals surface area contributed by atoms with Crippen molar-refractivity contribution >= 4 is 5.91 Å². The van der Waals surface area contributed by atoms with Gasteiger partial charge in [-0.3, -0.25) is 9.69 Å². The SMILES string of the molecule is CC(C)CCOc1ccc(CN2CC(C(=O)N(C)CCCC(F)(F)F)C2)cc1. The van der Waals surface area contributed by atoms with E-state index in [0.29, 0.717) is 25.6 Å². The van der Waals surface area contributed by atoms with E-state index in [1.165, 1.54) is 4.90 Å². The Morgan fingerprint density at radius 2 is 1.89 bits per heavy atom. The molecule has 1 amide bonds. The van der Waals surface area contributed by atoms with Crippen molar-refractivity contribution in [1.29, 1.82) is 0 Å². The van der Waals surface area contributed by atoms with Crippen molar-refractivity contribution in [3.63, 3.8) is 0 Å². The molecule has 1 aromatic carbocycles. The highest BCUT2D eigenvalue weighted by molar-refractivity contribution is 5.79. The Morgan fingerprint density at radius 3 is 2.46 bits per heavy atom. The van der Waals surface area contributed by atoms with E-state index >= 15 is 0 Å². The first-order valence-electron chi connectivity index (χ1n) is 9.90. The fourth-order valence-electron chi connectivity index (χ4n) is 3.16. The number of hydrogen-bond acceptors (Lipinski definition) is 3. The first-order valence-corrected chi connectivity index (χ1v) is 9.90. The quantitative estimate of drug-likeness (QED) is 0.586. The van der Waals surface area contributed by atoms with Gasteiger partial charge < -0.3 is 9.64 Å². The third-order valence-electron chi connectivity index (χ3n) is 4.93. The van der Waals surface area contributed by atoms with Crippen LogP contribution in [0, 0.1) is 11.8 Å². The van der Waals surface area contributed by atoms with Gasteiger partial charge in [0.2, 0.25) is 5.91 Å². The molecule has 0 spiro atoms. The largest absolute Gasteiger partial charge is 0.494 e. The third kappa shape index (κ3) is 7.70. The normalized spacial score (nSPS) is 15.5. The number of hydrogen-bond donors (Lipinski definition) is 0. The van der Waals surface area contributed by atoms with E-state index in [-0.39, 0.29) is 24.8 Å². The number of nitrogens with zero attached hydrogens (tertiary/aromatic N) is 2. The maximum absolute atomic E-state index is 12.3. The summed E-state index contributed by atoms with van der Waals surface area (Å²) in [4.78, 5) is 15.9. The molecule has 0 bridgehead atoms. The molecule has 1 aliphatic heterocycles. The molecule has 1 heterocycles. The van der Waals surface area contributed by atoms with Crippen LogP contribution >= 0.6 is 0 Å². The molecule has 1 aromatic rings. The Kier molecular flexibility index (Phi) is 8.16. The molecule has 0 atom stereocenters. The van der Waals surface area contributed by atoms with Crippen LogP contribution < -0.4 is 4.74 Å². The van der Waals surface area contributed by atoms with Gasteiger partial charge in [0, 0.05) is 39.6 Å². The van der Waals surface area contributed by atoms with Crippen LogP contribution in [0.2, 0.25) is 0 Å². The fraction of sp³-hybridized carbons (Fsp3) is 0.667. The van der Waals surface area contributed by atoms with Gasteiger partial charge in [-0.15, -0.1) is 0 Å². The van der Waals surface area contributed by atoms with Gasteiger partial charge in [-0.1, -0.05) is 26.0 Å². The Hall–Kier alpha value is -1.76. The molecule has 0 radical (unpaired) electrons. The number of carbonyl (C=O) groups excluding carboxylic acids is 1. The van der Waals surface area contributed by atoms with Gasteiger partial charge in [0.15, 0.2) is 0 Å². The number of likely N-dealkylation sites (tertiary alicyclic amines) is 1. The number of amides is 1. The number of benzene rings is 1. The summed E-state index contributed by atoms with van der Waals surface area (Å²) < 4.78 is 42.3. The van der Waals surface area contributed by atoms with Crippen molar-refractivity contribution < 1.29 is 22.7 Å². The summed E-state index contributed by atoms with van der Waals surface area (Å²) in [6.07, 6.45) is -4.03. The van der Waals surface area contributed by atoms with Crippen molar-refractivity contribution in [2.45, 2.75) is 45.8 Å². The minimum Gasteiger partial charge on any atom is -0.494 e. The van der Waals surface area contributed by atoms with Crippen LogP contribution in [0.5, 0.6) is 5.75 Å². The molecule has 2 rings (SSSR count). The highest BCUT2D eigenvalue weighted by atomic mass is 19.4. The Labute approximate surface area is 165 Å². The second-order valence-corrected chi connectivity index (χ2v) is 8.04. The fourth-order valence-corrected chi connectivity index (χ4v) is 3.16. The third-order valence-corrected chi connectivity index (χ3v) is 4.93. The van der Waals surface area contributed by atoms with Gasteiger partial charge in [0.25, 0.3) is 0 Å². The van der Waals surface area contributed by atoms with Crippen molar-refractivity contribution in [1.82, 2.24) is 9.80 Å². The summed E-state index contributed by atoms with van der Waals surface area (Å²) >= 11 is 0. The van der Waals surface area contributed by atoms with Gasteiger partial charge in [0.1, 0.15) is 5.75 Å². The van der Waals surface area contributed by atoms with Gasteiger partial charge in [-0.05, 0) is 36.5 Å². The number of carbonyl (C=O) groups is 1. The minimum atomic E-state index is -4.16. The van der Waals surface area contributed by atoms with Crippen molar-refractivity contribution in [3.8, 4) is 5.75 Å². The lowest BCUT2D eigenvalue weighted by Gasteiger charge is -2.40. The highest BCUT2D eigenvalue weighted by Gasteiger charge is 2.34. The van der Waals surface area contributed by atoms with Gasteiger partial charge in [-0.25, -0.2) is 0 Å². The zero-order valence-electron chi connectivity index (χ0n) is 17.0. The average molecular weight is 400 g/mol. The summed E-state index contributed by atoms with van der Waals surface area (Å²) in [6, 6.07) is 7.99. The van der Waals surface area contributed by atoms with E-state index in [2.05, 4.69) is 18.7 Å². The van der Waals surface area contributed by atoms with Gasteiger partial charge >= 0.3 is 6.18 Å². The zero-order valence-corrected chi connectivity index (χ0v) is 17.0. The molecule has 0 N–H and O–H groups in total. The molecule has 0 unspecified atom stereocenters. The standard InChI is InChI=1S/C21H31F3N2O2/c1-16(2)9-12-28-19-7-5-17(6-8-19)13-26-14-18(15-26)20(27)25(3)11-4-10-21(22,23)24/h5-8,16,18H,4,9-15H2,1-3H3. The molecule has 1 saturated heterocycles. The molecule has 1 fully saturated rings. The van der Waals surface area contributed by atoms with Crippen LogP contribution in [-0.4, -0.2) is 55.2 Å². The molecule has 28 heavy (non-hydrogen) atoms. The van der Waals surface area contributed by atoms with E-state index < -0.39 is 12.6 Å². The number of rotatable bonds is 10. The summed E-state index contributed by atoms with van der Waals surface area (Å²) in [5.74, 6) is 1.30. The number of ether oxygens (including phenoxy) is 1. The molecule has 4 nitrogen and oxygen atoms in total. The Balaban J connectivity index is 1.67. The van der Waals surface area contributed by atoms with Crippen molar-refractivity contribution in [2.75, 3.05) is 33.3 Å². The van der Waals surface area contributed by atoms with Gasteiger partial charge in [-0.2, -0.15) is 13.2 Å². The highest BCUT2D eigenvalue weighted by Crippen LogP contribution is 2.24. The minimum absolute atomic E-state index is 0.0479. The topological polar surface area (TPSA) is 32.8 Å². The predicted molar refractivity (Wildman–Crippen MR) is 103 cm³/mol. The average Bonchev–Trinajstić information content (AvgIpc) is 2.57. The lowest BCUT2D eigenvalue weighted by Crippen LogP contribution is -2.53. The predicted octanol–water partition coefficient (Wildman–Crippen LogP) is 4.34. The summed E-state index contributed by atoms with van der Waals surface area (Å²) in [5, 5.41) is 0. The van der Waals surface area contributed by atoms with Gasteiger partial charge in [0.05, 0.1) is 12.5 Å². The van der Waals surface area contributed by atoms with E-state index in [1.54, 1.807) is 7.05 Å². The molecular weight excluding hydrogens is 369 g/mol. The van der Waals surface area contributed by atoms with Crippen LogP contribution in [0.3, 0.4) is 0 Å². The summed E-state index contributed by atoms with van der Waals surface area (Å²) in [5.41, 5.74) is 1.15. The molecular formula is C21H31F3N2O2. The maximum atomic E-state index is 12.3. The molecule has 7 heteroatoms. The Morgan fingerprint density at radius 1 is 1.25 bits per heavy atom. The number of alkyl halides is 3. The first-order chi connectivity index (χ1) is 13.1. The van der Waals surface area contributed by atoms with E-state index in [4.69, 9.17) is 4.74 Å². The second-order valence-electron chi connectivity index (χ2n) is 8.04. The van der Waals surface area contributed by atoms with E-state index in [1.807, 2.05) is 24.3 Å². The van der Waals surface area contributed by atoms with Crippen molar-refractivity contribution in [3.05, 3.63) is 29.8 Å². The summed E-state index contributed by atoms with van der Waals surface area (Å²) in [7, 11) is 1.58. The van der Waals surface area contributed by atoms with Crippen LogP contribution in [0.4, 0.5) is 13.2 Å². The zero-order chi connectivity index (χ0) is 20.7. The van der Waals surface area contributed by atoms with Crippen LogP contribution in [0.15, 0.2) is 24.3 Å². The second kappa shape index (κ2) is 10.1. The van der Waals surface area contributed by atoms with Crippen LogP contribution in [0.1, 0.15) is 38.7 Å². The molecule has 0 aliphatic carbocycles. The molecule has 0 aromatic heterocycles. The van der Waals surface area contributed by atoms with E-state index in [9.17, 15) is 18.0 Å². The Bertz CT molecular complexity index is 611. The lowest BCUT2D eigenvalue weighted by molar-refractivity contribution is -0.144. The molecule has 0 saturated carbocycles. The number of halogens is 3. The van der Waals surface area contributed by atoms with E-state index in [0.717, 1.165) is 24.3 Å². The lowest BCUT2D eigenvalue weighted by atomic mass is 9.97. The van der Waals surface area contributed by atoms with Crippen LogP contribution in [0.25, 0.3) is 0 Å². The van der Waals surface area contributed by atoms with Crippen LogP contribution in [-0.2, 0) is 11.3 Å².